The predicted octanol–water partition coefficient (Wildman–Crippen LogP) is 5.52. The van der Waals surface area contributed by atoms with E-state index in [0.29, 0.717) is 11.5 Å². The van der Waals surface area contributed by atoms with Gasteiger partial charge in [0, 0.05) is 25.6 Å². The number of hydrogen-bond donors (Lipinski definition) is 2. The molecule has 106 valence electrons. The summed E-state index contributed by atoms with van der Waals surface area (Å²) in [6.07, 6.45) is 0. The fourth-order valence-electron chi connectivity index (χ4n) is 2.31. The molecule has 20 heavy (non-hydrogen) atoms. The normalized spacial score (nSPS) is 10.9. The van der Waals surface area contributed by atoms with E-state index >= 15 is 0 Å². The highest BCUT2D eigenvalue weighted by Gasteiger charge is 2.18. The van der Waals surface area contributed by atoms with Gasteiger partial charge in [-0.05, 0) is 88.4 Å². The Labute approximate surface area is 135 Å². The van der Waals surface area contributed by atoms with Crippen molar-refractivity contribution in [2.24, 2.45) is 0 Å². The minimum atomic E-state index is 0.291. The third kappa shape index (κ3) is 2.35. The van der Waals surface area contributed by atoms with Crippen LogP contribution in [-0.2, 0) is 0 Å². The summed E-state index contributed by atoms with van der Waals surface area (Å²) in [5.74, 6) is 0.618. The molecular formula is C16H16Br2O2. The van der Waals surface area contributed by atoms with Gasteiger partial charge in [0.2, 0.25) is 0 Å². The standard InChI is InChI=1S/C16H16Br2O2/c1-7-5-11(6-8(2)15(7)19)12-13(17)9(3)16(20)10(4)14(12)18/h5-6,19-20H,1-4H3. The number of rotatable bonds is 1. The van der Waals surface area contributed by atoms with Crippen molar-refractivity contribution in [3.05, 3.63) is 43.3 Å². The highest BCUT2D eigenvalue weighted by atomic mass is 79.9. The van der Waals surface area contributed by atoms with Gasteiger partial charge in [0.1, 0.15) is 11.5 Å². The Morgan fingerprint density at radius 1 is 0.750 bits per heavy atom. The van der Waals surface area contributed by atoms with Gasteiger partial charge in [-0.1, -0.05) is 0 Å². The van der Waals surface area contributed by atoms with Crippen molar-refractivity contribution in [3.63, 3.8) is 0 Å². The van der Waals surface area contributed by atoms with E-state index in [-0.39, 0.29) is 0 Å². The summed E-state index contributed by atoms with van der Waals surface area (Å²) < 4.78 is 1.72. The number of phenols is 2. The Kier molecular flexibility index (Phi) is 4.17. The lowest BCUT2D eigenvalue weighted by Crippen LogP contribution is -1.93. The topological polar surface area (TPSA) is 40.5 Å². The summed E-state index contributed by atoms with van der Waals surface area (Å²) in [6, 6.07) is 3.90. The first-order valence-electron chi connectivity index (χ1n) is 6.23. The molecule has 0 saturated carbocycles. The molecule has 0 saturated heterocycles. The summed E-state index contributed by atoms with van der Waals surface area (Å²) in [7, 11) is 0. The highest BCUT2D eigenvalue weighted by Crippen LogP contribution is 2.45. The quantitative estimate of drug-likeness (QED) is 0.662. The maximum Gasteiger partial charge on any atom is 0.123 e. The van der Waals surface area contributed by atoms with Crippen molar-refractivity contribution in [1.82, 2.24) is 0 Å². The van der Waals surface area contributed by atoms with Crippen LogP contribution in [-0.4, -0.2) is 10.2 Å². The molecule has 0 fully saturated rings. The molecule has 2 N–H and O–H groups in total. The lowest BCUT2D eigenvalue weighted by atomic mass is 9.96. The third-order valence-electron chi connectivity index (χ3n) is 3.59. The van der Waals surface area contributed by atoms with Crippen LogP contribution in [0.1, 0.15) is 22.3 Å². The molecule has 0 aliphatic carbocycles. The summed E-state index contributed by atoms with van der Waals surface area (Å²) in [5.41, 5.74) is 5.28. The van der Waals surface area contributed by atoms with Gasteiger partial charge in [0.05, 0.1) is 0 Å². The molecule has 2 aromatic carbocycles. The summed E-state index contributed by atoms with van der Waals surface area (Å²) >= 11 is 7.14. The van der Waals surface area contributed by atoms with Gasteiger partial charge in [0.25, 0.3) is 0 Å². The van der Waals surface area contributed by atoms with Gasteiger partial charge in [-0.15, -0.1) is 0 Å². The lowest BCUT2D eigenvalue weighted by molar-refractivity contribution is 0.465. The molecule has 2 aromatic rings. The Hall–Kier alpha value is -1.00. The van der Waals surface area contributed by atoms with Crippen molar-refractivity contribution < 1.29 is 10.2 Å². The average molecular weight is 400 g/mol. The van der Waals surface area contributed by atoms with Crippen LogP contribution in [0.2, 0.25) is 0 Å². The van der Waals surface area contributed by atoms with Crippen LogP contribution in [0.15, 0.2) is 21.1 Å². The van der Waals surface area contributed by atoms with E-state index in [1.165, 1.54) is 0 Å². The zero-order valence-corrected chi connectivity index (χ0v) is 15.0. The Morgan fingerprint density at radius 2 is 1.15 bits per heavy atom. The van der Waals surface area contributed by atoms with Gasteiger partial charge >= 0.3 is 0 Å². The summed E-state index contributed by atoms with van der Waals surface area (Å²) in [5, 5.41) is 20.0. The van der Waals surface area contributed by atoms with Crippen molar-refractivity contribution in [2.45, 2.75) is 27.7 Å². The lowest BCUT2D eigenvalue weighted by Gasteiger charge is -2.17. The van der Waals surface area contributed by atoms with E-state index in [1.807, 2.05) is 39.8 Å². The van der Waals surface area contributed by atoms with Crippen LogP contribution >= 0.6 is 31.9 Å². The van der Waals surface area contributed by atoms with Crippen LogP contribution in [0.4, 0.5) is 0 Å². The van der Waals surface area contributed by atoms with Gasteiger partial charge < -0.3 is 10.2 Å². The van der Waals surface area contributed by atoms with Gasteiger partial charge in [-0.2, -0.15) is 0 Å². The van der Waals surface area contributed by atoms with Crippen LogP contribution < -0.4 is 0 Å². The maximum atomic E-state index is 10.1. The van der Waals surface area contributed by atoms with E-state index in [4.69, 9.17) is 0 Å². The third-order valence-corrected chi connectivity index (χ3v) is 5.57. The first kappa shape index (κ1) is 15.4. The van der Waals surface area contributed by atoms with Crippen LogP contribution in [0, 0.1) is 27.7 Å². The number of phenolic OH excluding ortho intramolecular Hbond substituents is 2. The number of aromatic hydroxyl groups is 2. The number of halogens is 2. The fraction of sp³-hybridized carbons (Fsp3) is 0.250. The first-order chi connectivity index (χ1) is 9.25. The fourth-order valence-corrected chi connectivity index (χ4v) is 3.81. The Balaban J connectivity index is 2.83. The van der Waals surface area contributed by atoms with Crippen LogP contribution in [0.3, 0.4) is 0 Å². The molecule has 2 nitrogen and oxygen atoms in total. The van der Waals surface area contributed by atoms with Gasteiger partial charge in [0.15, 0.2) is 0 Å². The summed E-state index contributed by atoms with van der Waals surface area (Å²) in [6.45, 7) is 7.52. The molecule has 0 aliphatic rings. The molecule has 0 atom stereocenters. The second kappa shape index (κ2) is 5.41. The van der Waals surface area contributed by atoms with E-state index < -0.39 is 0 Å². The van der Waals surface area contributed by atoms with Crippen molar-refractivity contribution >= 4 is 31.9 Å². The molecule has 0 radical (unpaired) electrons. The number of hydrogen-bond acceptors (Lipinski definition) is 2. The van der Waals surface area contributed by atoms with Crippen molar-refractivity contribution in [1.29, 1.82) is 0 Å². The molecule has 0 aliphatic heterocycles. The van der Waals surface area contributed by atoms with E-state index in [9.17, 15) is 10.2 Å². The maximum absolute atomic E-state index is 10.1. The largest absolute Gasteiger partial charge is 0.507 e. The SMILES string of the molecule is Cc1cc(-c2c(Br)c(C)c(O)c(C)c2Br)cc(C)c1O. The molecule has 2 rings (SSSR count). The Bertz CT molecular complexity index is 654. The van der Waals surface area contributed by atoms with Crippen LogP contribution in [0.25, 0.3) is 11.1 Å². The second-order valence-corrected chi connectivity index (χ2v) is 6.65. The van der Waals surface area contributed by atoms with Crippen molar-refractivity contribution in [2.75, 3.05) is 0 Å². The monoisotopic (exact) mass is 398 g/mol. The molecule has 0 amide bonds. The smallest absolute Gasteiger partial charge is 0.123 e. The van der Waals surface area contributed by atoms with Crippen LogP contribution in [0.5, 0.6) is 11.5 Å². The zero-order valence-electron chi connectivity index (χ0n) is 11.8. The molecule has 0 heterocycles. The minimum absolute atomic E-state index is 0.291. The molecule has 4 heteroatoms. The van der Waals surface area contributed by atoms with E-state index in [2.05, 4.69) is 31.9 Å². The highest BCUT2D eigenvalue weighted by molar-refractivity contribution is 9.11. The average Bonchev–Trinajstić information content (AvgIpc) is 2.40. The first-order valence-corrected chi connectivity index (χ1v) is 7.82. The zero-order chi connectivity index (χ0) is 15.2. The van der Waals surface area contributed by atoms with Gasteiger partial charge in [-0.25, -0.2) is 0 Å². The predicted molar refractivity (Wildman–Crippen MR) is 89.6 cm³/mol. The van der Waals surface area contributed by atoms with Gasteiger partial charge in [-0.3, -0.25) is 0 Å². The molecular weight excluding hydrogens is 384 g/mol. The number of aryl methyl sites for hydroxylation is 2. The molecule has 0 unspecified atom stereocenters. The molecule has 0 spiro atoms. The molecule has 0 bridgehead atoms. The van der Waals surface area contributed by atoms with E-state index in [1.54, 1.807) is 0 Å². The minimum Gasteiger partial charge on any atom is -0.507 e. The Morgan fingerprint density at radius 3 is 1.55 bits per heavy atom. The second-order valence-electron chi connectivity index (χ2n) is 5.06. The van der Waals surface area contributed by atoms with E-state index in [0.717, 1.165) is 42.3 Å². The molecule has 0 aromatic heterocycles. The van der Waals surface area contributed by atoms with Crippen molar-refractivity contribution in [3.8, 4) is 22.6 Å². The number of benzene rings is 2. The summed E-state index contributed by atoms with van der Waals surface area (Å²) in [4.78, 5) is 0.